The molecule has 0 atom stereocenters. The van der Waals surface area contributed by atoms with Gasteiger partial charge in [0.1, 0.15) is 4.90 Å². The van der Waals surface area contributed by atoms with E-state index in [9.17, 15) is 13.2 Å². The number of benzene rings is 2. The van der Waals surface area contributed by atoms with Crippen molar-refractivity contribution in [3.05, 3.63) is 59.1 Å². The van der Waals surface area contributed by atoms with Gasteiger partial charge in [0.25, 0.3) is 10.0 Å². The standard InChI is InChI=1S/C17H18ClNO4S/c1-12(2)19(14-7-5-4-6-8-14)24(21,22)16-10-9-13(11-15(16)18)17(20)23-3/h4-12H,1-3H3. The van der Waals surface area contributed by atoms with Gasteiger partial charge in [-0.2, -0.15) is 0 Å². The second-order valence-electron chi connectivity index (χ2n) is 5.37. The van der Waals surface area contributed by atoms with Gasteiger partial charge in [0.2, 0.25) is 0 Å². The predicted molar refractivity (Wildman–Crippen MR) is 94.0 cm³/mol. The number of hydrogen-bond acceptors (Lipinski definition) is 4. The van der Waals surface area contributed by atoms with Crippen LogP contribution in [0, 0.1) is 0 Å². The minimum Gasteiger partial charge on any atom is -0.465 e. The summed E-state index contributed by atoms with van der Waals surface area (Å²) >= 11 is 6.14. The second kappa shape index (κ2) is 7.23. The third-order valence-electron chi connectivity index (χ3n) is 3.37. The molecule has 2 aromatic rings. The topological polar surface area (TPSA) is 63.7 Å². The van der Waals surface area contributed by atoms with Crippen molar-refractivity contribution in [1.29, 1.82) is 0 Å². The number of carbonyl (C=O) groups is 1. The highest BCUT2D eigenvalue weighted by molar-refractivity contribution is 7.93. The number of methoxy groups -OCH3 is 1. The monoisotopic (exact) mass is 367 g/mol. The highest BCUT2D eigenvalue weighted by atomic mass is 35.5. The molecule has 0 aliphatic heterocycles. The average molecular weight is 368 g/mol. The summed E-state index contributed by atoms with van der Waals surface area (Å²) in [5.74, 6) is -0.579. The van der Waals surface area contributed by atoms with E-state index in [4.69, 9.17) is 11.6 Å². The maximum absolute atomic E-state index is 13.1. The Morgan fingerprint density at radius 2 is 1.75 bits per heavy atom. The molecule has 0 aliphatic carbocycles. The van der Waals surface area contributed by atoms with Crippen LogP contribution < -0.4 is 4.31 Å². The van der Waals surface area contributed by atoms with E-state index in [1.165, 1.54) is 29.6 Å². The van der Waals surface area contributed by atoms with Gasteiger partial charge in [0, 0.05) is 6.04 Å². The van der Waals surface area contributed by atoms with E-state index >= 15 is 0 Å². The first-order chi connectivity index (χ1) is 11.3. The summed E-state index contributed by atoms with van der Waals surface area (Å²) in [4.78, 5) is 11.5. The number of esters is 1. The number of nitrogens with zero attached hydrogens (tertiary/aromatic N) is 1. The lowest BCUT2D eigenvalue weighted by molar-refractivity contribution is 0.0600. The molecule has 5 nitrogen and oxygen atoms in total. The van der Waals surface area contributed by atoms with Crippen LogP contribution in [-0.4, -0.2) is 27.5 Å². The highest BCUT2D eigenvalue weighted by Crippen LogP contribution is 2.30. The molecule has 0 aliphatic rings. The van der Waals surface area contributed by atoms with Crippen LogP contribution in [0.5, 0.6) is 0 Å². The Morgan fingerprint density at radius 1 is 1.12 bits per heavy atom. The molecule has 0 N–H and O–H groups in total. The minimum atomic E-state index is -3.88. The van der Waals surface area contributed by atoms with Crippen molar-refractivity contribution < 1.29 is 17.9 Å². The molecule has 2 aromatic carbocycles. The molecule has 0 fully saturated rings. The van der Waals surface area contributed by atoms with E-state index in [0.29, 0.717) is 5.69 Å². The minimum absolute atomic E-state index is 0.0283. The number of anilines is 1. The average Bonchev–Trinajstić information content (AvgIpc) is 2.54. The smallest absolute Gasteiger partial charge is 0.337 e. The number of hydrogen-bond donors (Lipinski definition) is 0. The molecule has 24 heavy (non-hydrogen) atoms. The molecular formula is C17H18ClNO4S. The molecule has 0 spiro atoms. The van der Waals surface area contributed by atoms with E-state index in [2.05, 4.69) is 4.74 Å². The fraction of sp³-hybridized carbons (Fsp3) is 0.235. The van der Waals surface area contributed by atoms with Gasteiger partial charge >= 0.3 is 5.97 Å². The molecule has 128 valence electrons. The van der Waals surface area contributed by atoms with Crippen LogP contribution >= 0.6 is 11.6 Å². The summed E-state index contributed by atoms with van der Waals surface area (Å²) in [7, 11) is -2.64. The lowest BCUT2D eigenvalue weighted by Gasteiger charge is -2.28. The fourth-order valence-corrected chi connectivity index (χ4v) is 4.53. The van der Waals surface area contributed by atoms with Gasteiger partial charge in [-0.05, 0) is 44.2 Å². The van der Waals surface area contributed by atoms with Crippen LogP contribution in [0.25, 0.3) is 0 Å². The van der Waals surface area contributed by atoms with Crippen LogP contribution in [0.15, 0.2) is 53.4 Å². The molecule has 2 rings (SSSR count). The SMILES string of the molecule is COC(=O)c1ccc(S(=O)(=O)N(c2ccccc2)C(C)C)c(Cl)c1. The first-order valence-electron chi connectivity index (χ1n) is 7.26. The summed E-state index contributed by atoms with van der Waals surface area (Å²) in [6, 6.07) is 12.5. The van der Waals surface area contributed by atoms with E-state index in [1.54, 1.807) is 38.1 Å². The van der Waals surface area contributed by atoms with Crippen molar-refractivity contribution in [2.45, 2.75) is 24.8 Å². The summed E-state index contributed by atoms with van der Waals surface area (Å²) in [5, 5.41) is -0.0283. The molecular weight excluding hydrogens is 350 g/mol. The van der Waals surface area contributed by atoms with Crippen LogP contribution in [0.4, 0.5) is 5.69 Å². The van der Waals surface area contributed by atoms with Crippen LogP contribution in [0.1, 0.15) is 24.2 Å². The zero-order valence-corrected chi connectivity index (χ0v) is 15.1. The van der Waals surface area contributed by atoms with E-state index in [-0.39, 0.29) is 21.5 Å². The Labute approximate surface area is 146 Å². The summed E-state index contributed by atoms with van der Waals surface area (Å²) < 4.78 is 32.1. The zero-order chi connectivity index (χ0) is 17.9. The van der Waals surface area contributed by atoms with Gasteiger partial charge in [-0.15, -0.1) is 0 Å². The number of halogens is 1. The number of rotatable bonds is 5. The molecule has 0 saturated heterocycles. The third kappa shape index (κ3) is 3.55. The first kappa shape index (κ1) is 18.3. The van der Waals surface area contributed by atoms with Crippen molar-refractivity contribution in [1.82, 2.24) is 0 Å². The molecule has 0 saturated carbocycles. The Morgan fingerprint density at radius 3 is 2.25 bits per heavy atom. The van der Waals surface area contributed by atoms with Crippen LogP contribution in [0.2, 0.25) is 5.02 Å². The molecule has 0 unspecified atom stereocenters. The van der Waals surface area contributed by atoms with Gasteiger partial charge in [-0.1, -0.05) is 29.8 Å². The van der Waals surface area contributed by atoms with Crippen LogP contribution in [0.3, 0.4) is 0 Å². The predicted octanol–water partition coefficient (Wildman–Crippen LogP) is 3.73. The van der Waals surface area contributed by atoms with Gasteiger partial charge in [0.05, 0.1) is 23.4 Å². The van der Waals surface area contributed by atoms with Crippen molar-refractivity contribution in [2.24, 2.45) is 0 Å². The Hall–Kier alpha value is -2.05. The summed E-state index contributed by atoms with van der Waals surface area (Å²) in [5.41, 5.74) is 0.734. The maximum Gasteiger partial charge on any atom is 0.337 e. The second-order valence-corrected chi connectivity index (χ2v) is 7.56. The van der Waals surface area contributed by atoms with Gasteiger partial charge in [-0.3, -0.25) is 4.31 Å². The molecule has 0 amide bonds. The van der Waals surface area contributed by atoms with Crippen molar-refractivity contribution in [3.8, 4) is 0 Å². The maximum atomic E-state index is 13.1. The molecule has 0 heterocycles. The molecule has 0 bridgehead atoms. The number of sulfonamides is 1. The fourth-order valence-electron chi connectivity index (χ4n) is 2.35. The lowest BCUT2D eigenvalue weighted by atomic mass is 10.2. The van der Waals surface area contributed by atoms with E-state index < -0.39 is 16.0 Å². The lowest BCUT2D eigenvalue weighted by Crippen LogP contribution is -2.37. The zero-order valence-electron chi connectivity index (χ0n) is 13.6. The first-order valence-corrected chi connectivity index (χ1v) is 9.08. The van der Waals surface area contributed by atoms with Crippen LogP contribution in [-0.2, 0) is 14.8 Å². The van der Waals surface area contributed by atoms with E-state index in [0.717, 1.165) is 0 Å². The molecule has 0 radical (unpaired) electrons. The highest BCUT2D eigenvalue weighted by Gasteiger charge is 2.29. The Balaban J connectivity index is 2.54. The Kier molecular flexibility index (Phi) is 5.51. The normalized spacial score (nSPS) is 11.4. The van der Waals surface area contributed by atoms with Crippen molar-refractivity contribution in [3.63, 3.8) is 0 Å². The van der Waals surface area contributed by atoms with Gasteiger partial charge in [0.15, 0.2) is 0 Å². The number of carbonyl (C=O) groups excluding carboxylic acids is 1. The Bertz CT molecular complexity index is 835. The molecule has 7 heteroatoms. The molecule has 0 aromatic heterocycles. The van der Waals surface area contributed by atoms with Crippen molar-refractivity contribution in [2.75, 3.05) is 11.4 Å². The summed E-state index contributed by atoms with van der Waals surface area (Å²) in [6.45, 7) is 3.56. The number of ether oxygens (including phenoxy) is 1. The quantitative estimate of drug-likeness (QED) is 0.755. The largest absolute Gasteiger partial charge is 0.465 e. The van der Waals surface area contributed by atoms with Gasteiger partial charge < -0.3 is 4.74 Å². The van der Waals surface area contributed by atoms with Gasteiger partial charge in [-0.25, -0.2) is 13.2 Å². The van der Waals surface area contributed by atoms with E-state index in [1.807, 2.05) is 6.07 Å². The summed E-state index contributed by atoms with van der Waals surface area (Å²) in [6.07, 6.45) is 0. The number of para-hydroxylation sites is 1. The third-order valence-corrected chi connectivity index (χ3v) is 5.86. The van der Waals surface area contributed by atoms with Crippen molar-refractivity contribution >= 4 is 33.3 Å².